The lowest BCUT2D eigenvalue weighted by atomic mass is 10.2. The molecule has 0 saturated carbocycles. The summed E-state index contributed by atoms with van der Waals surface area (Å²) in [6.07, 6.45) is 4.16. The Morgan fingerprint density at radius 1 is 1.37 bits per heavy atom. The Balaban J connectivity index is 1.83. The molecular weight excluding hydrogens is 242 g/mol. The molecule has 0 saturated heterocycles. The van der Waals surface area contributed by atoms with Gasteiger partial charge < -0.3 is 10.6 Å². The molecule has 1 amide bonds. The van der Waals surface area contributed by atoms with Gasteiger partial charge in [0.15, 0.2) is 0 Å². The van der Waals surface area contributed by atoms with E-state index < -0.39 is 0 Å². The van der Waals surface area contributed by atoms with Crippen LogP contribution in [0.1, 0.15) is 16.1 Å². The van der Waals surface area contributed by atoms with Gasteiger partial charge >= 0.3 is 0 Å². The molecule has 2 rings (SSSR count). The lowest BCUT2D eigenvalue weighted by Crippen LogP contribution is -2.25. The number of amides is 1. The van der Waals surface area contributed by atoms with E-state index in [9.17, 15) is 4.79 Å². The number of carbonyl (C=O) groups excluding carboxylic acids is 1. The van der Waals surface area contributed by atoms with Gasteiger partial charge in [-0.05, 0) is 18.2 Å². The summed E-state index contributed by atoms with van der Waals surface area (Å²) < 4.78 is 1.75. The van der Waals surface area contributed by atoms with Crippen molar-refractivity contribution in [2.45, 2.75) is 6.42 Å². The molecule has 0 fully saturated rings. The second-order valence-corrected chi connectivity index (χ2v) is 4.17. The van der Waals surface area contributed by atoms with Crippen molar-refractivity contribution in [3.05, 3.63) is 41.9 Å². The molecular formula is C13H17N5O. The molecule has 6 heteroatoms. The molecule has 0 unspecified atom stereocenters. The van der Waals surface area contributed by atoms with Gasteiger partial charge in [0.25, 0.3) is 5.91 Å². The number of carbonyl (C=O) groups is 1. The molecule has 0 bridgehead atoms. The van der Waals surface area contributed by atoms with Crippen LogP contribution in [0.5, 0.6) is 0 Å². The van der Waals surface area contributed by atoms with Gasteiger partial charge in [-0.15, -0.1) is 0 Å². The average Bonchev–Trinajstić information content (AvgIpc) is 2.84. The summed E-state index contributed by atoms with van der Waals surface area (Å²) in [6.45, 7) is 0.559. The van der Waals surface area contributed by atoms with E-state index in [-0.39, 0.29) is 5.91 Å². The minimum absolute atomic E-state index is 0.119. The van der Waals surface area contributed by atoms with E-state index in [1.165, 1.54) is 0 Å². The van der Waals surface area contributed by atoms with Crippen LogP contribution in [0.25, 0.3) is 0 Å². The van der Waals surface area contributed by atoms with Crippen LogP contribution in [0.3, 0.4) is 0 Å². The summed E-state index contributed by atoms with van der Waals surface area (Å²) in [5.74, 6) is 0.621. The Bertz CT molecular complexity index is 546. The van der Waals surface area contributed by atoms with Crippen LogP contribution in [0, 0.1) is 0 Å². The summed E-state index contributed by atoms with van der Waals surface area (Å²) in [7, 11) is 3.66. The minimum Gasteiger partial charge on any atom is -0.373 e. The molecule has 0 atom stereocenters. The molecule has 2 aromatic heterocycles. The summed E-state index contributed by atoms with van der Waals surface area (Å²) in [4.78, 5) is 15.9. The predicted molar refractivity (Wildman–Crippen MR) is 73.0 cm³/mol. The molecule has 2 heterocycles. The van der Waals surface area contributed by atoms with Crippen molar-refractivity contribution in [1.29, 1.82) is 0 Å². The van der Waals surface area contributed by atoms with Crippen LogP contribution in [0.4, 0.5) is 5.82 Å². The highest BCUT2D eigenvalue weighted by Gasteiger charge is 2.05. The predicted octanol–water partition coefficient (Wildman–Crippen LogP) is 0.829. The summed E-state index contributed by atoms with van der Waals surface area (Å²) in [5, 5.41) is 10.00. The Labute approximate surface area is 111 Å². The van der Waals surface area contributed by atoms with E-state index in [0.29, 0.717) is 18.5 Å². The van der Waals surface area contributed by atoms with Crippen LogP contribution >= 0.6 is 0 Å². The Kier molecular flexibility index (Phi) is 4.12. The van der Waals surface area contributed by atoms with Gasteiger partial charge in [-0.1, -0.05) is 0 Å². The Morgan fingerprint density at radius 3 is 2.79 bits per heavy atom. The summed E-state index contributed by atoms with van der Waals surface area (Å²) in [6, 6.07) is 5.46. The van der Waals surface area contributed by atoms with Gasteiger partial charge in [0, 0.05) is 39.5 Å². The van der Waals surface area contributed by atoms with Crippen molar-refractivity contribution in [2.75, 3.05) is 18.9 Å². The van der Waals surface area contributed by atoms with Gasteiger partial charge in [-0.25, -0.2) is 4.98 Å². The molecule has 0 aromatic carbocycles. The molecule has 0 aliphatic carbocycles. The van der Waals surface area contributed by atoms with Crippen molar-refractivity contribution < 1.29 is 4.79 Å². The van der Waals surface area contributed by atoms with Gasteiger partial charge in [0.2, 0.25) is 0 Å². The van der Waals surface area contributed by atoms with Crippen LogP contribution in [-0.2, 0) is 13.5 Å². The van der Waals surface area contributed by atoms with E-state index in [4.69, 9.17) is 0 Å². The quantitative estimate of drug-likeness (QED) is 0.834. The molecule has 0 radical (unpaired) electrons. The zero-order valence-electron chi connectivity index (χ0n) is 11.1. The fourth-order valence-electron chi connectivity index (χ4n) is 1.68. The number of nitrogens with one attached hydrogen (secondary N) is 2. The Morgan fingerprint density at radius 2 is 2.21 bits per heavy atom. The maximum Gasteiger partial charge on any atom is 0.252 e. The molecule has 0 spiro atoms. The number of aryl methyl sites for hydroxylation is 1. The monoisotopic (exact) mass is 259 g/mol. The first-order valence-corrected chi connectivity index (χ1v) is 6.09. The zero-order valence-corrected chi connectivity index (χ0v) is 11.1. The largest absolute Gasteiger partial charge is 0.373 e. The number of hydrogen-bond donors (Lipinski definition) is 2. The normalized spacial score (nSPS) is 10.2. The van der Waals surface area contributed by atoms with Crippen LogP contribution in [0.15, 0.2) is 30.6 Å². The first kappa shape index (κ1) is 13.1. The molecule has 2 aromatic rings. The second kappa shape index (κ2) is 5.99. The number of aromatic nitrogens is 3. The van der Waals surface area contributed by atoms with Gasteiger partial charge in [0.05, 0.1) is 11.3 Å². The van der Waals surface area contributed by atoms with E-state index in [2.05, 4.69) is 20.7 Å². The summed E-state index contributed by atoms with van der Waals surface area (Å²) >= 11 is 0. The maximum atomic E-state index is 11.8. The minimum atomic E-state index is -0.119. The number of pyridine rings is 1. The lowest BCUT2D eigenvalue weighted by Gasteiger charge is -2.04. The third kappa shape index (κ3) is 3.54. The van der Waals surface area contributed by atoms with Gasteiger partial charge in [0.1, 0.15) is 5.82 Å². The number of rotatable bonds is 5. The van der Waals surface area contributed by atoms with Crippen molar-refractivity contribution in [3.63, 3.8) is 0 Å². The standard InChI is InChI=1S/C13H17N5O/c1-14-12-4-3-10(9-16-12)13(19)15-7-5-11-6-8-18(2)17-11/h3-4,6,8-9H,5,7H2,1-2H3,(H,14,16)(H,15,19). The smallest absolute Gasteiger partial charge is 0.252 e. The highest BCUT2D eigenvalue weighted by atomic mass is 16.1. The first-order valence-electron chi connectivity index (χ1n) is 6.09. The van der Waals surface area contributed by atoms with Crippen molar-refractivity contribution >= 4 is 11.7 Å². The summed E-state index contributed by atoms with van der Waals surface area (Å²) in [5.41, 5.74) is 1.52. The number of nitrogens with zero attached hydrogens (tertiary/aromatic N) is 3. The van der Waals surface area contributed by atoms with Crippen LogP contribution in [-0.4, -0.2) is 34.3 Å². The SMILES string of the molecule is CNc1ccc(C(=O)NCCc2ccn(C)n2)cn1. The number of anilines is 1. The highest BCUT2D eigenvalue weighted by Crippen LogP contribution is 2.03. The van der Waals surface area contributed by atoms with E-state index in [0.717, 1.165) is 11.5 Å². The maximum absolute atomic E-state index is 11.8. The molecule has 0 aliphatic rings. The molecule has 0 aliphatic heterocycles. The number of hydrogen-bond acceptors (Lipinski definition) is 4. The fraction of sp³-hybridized carbons (Fsp3) is 0.308. The average molecular weight is 259 g/mol. The molecule has 19 heavy (non-hydrogen) atoms. The highest BCUT2D eigenvalue weighted by molar-refractivity contribution is 5.94. The molecule has 100 valence electrons. The van der Waals surface area contributed by atoms with Crippen LogP contribution < -0.4 is 10.6 Å². The lowest BCUT2D eigenvalue weighted by molar-refractivity contribution is 0.0953. The first-order chi connectivity index (χ1) is 9.19. The molecule has 2 N–H and O–H groups in total. The van der Waals surface area contributed by atoms with Gasteiger partial charge in [-0.3, -0.25) is 9.48 Å². The van der Waals surface area contributed by atoms with Gasteiger partial charge in [-0.2, -0.15) is 5.10 Å². The van der Waals surface area contributed by atoms with Crippen molar-refractivity contribution in [2.24, 2.45) is 7.05 Å². The second-order valence-electron chi connectivity index (χ2n) is 4.17. The fourth-order valence-corrected chi connectivity index (χ4v) is 1.68. The zero-order chi connectivity index (χ0) is 13.7. The van der Waals surface area contributed by atoms with E-state index >= 15 is 0 Å². The van der Waals surface area contributed by atoms with Crippen LogP contribution in [0.2, 0.25) is 0 Å². The topological polar surface area (TPSA) is 71.8 Å². The van der Waals surface area contributed by atoms with Crippen molar-refractivity contribution in [1.82, 2.24) is 20.1 Å². The van der Waals surface area contributed by atoms with Crippen molar-refractivity contribution in [3.8, 4) is 0 Å². The third-order valence-corrected chi connectivity index (χ3v) is 2.72. The third-order valence-electron chi connectivity index (χ3n) is 2.72. The van der Waals surface area contributed by atoms with E-state index in [1.807, 2.05) is 19.3 Å². The Hall–Kier alpha value is -2.37. The molecule has 6 nitrogen and oxygen atoms in total. The van der Waals surface area contributed by atoms with E-state index in [1.54, 1.807) is 30.1 Å².